The zero-order valence-electron chi connectivity index (χ0n) is 12.0. The SMILES string of the molecule is CCCn1c2ccccc2c2cc(-c3cccs3)ccc21. The molecule has 0 spiro atoms. The molecule has 0 radical (unpaired) electrons. The highest BCUT2D eigenvalue weighted by molar-refractivity contribution is 7.13. The normalized spacial score (nSPS) is 11.5. The molecule has 4 aromatic rings. The third-order valence-electron chi connectivity index (χ3n) is 4.03. The van der Waals surface area contributed by atoms with Gasteiger partial charge in [-0.2, -0.15) is 0 Å². The van der Waals surface area contributed by atoms with Crippen molar-refractivity contribution in [3.05, 3.63) is 60.0 Å². The fraction of sp³-hybridized carbons (Fsp3) is 0.158. The highest BCUT2D eigenvalue weighted by atomic mass is 32.1. The van der Waals surface area contributed by atoms with Crippen LogP contribution >= 0.6 is 11.3 Å². The maximum atomic E-state index is 2.45. The number of para-hydroxylation sites is 1. The van der Waals surface area contributed by atoms with Crippen molar-refractivity contribution >= 4 is 33.1 Å². The maximum Gasteiger partial charge on any atom is 0.0491 e. The number of aryl methyl sites for hydroxylation is 1. The molecule has 0 atom stereocenters. The quantitative estimate of drug-likeness (QED) is 0.440. The van der Waals surface area contributed by atoms with Gasteiger partial charge in [-0.25, -0.2) is 0 Å². The van der Waals surface area contributed by atoms with Gasteiger partial charge >= 0.3 is 0 Å². The Labute approximate surface area is 128 Å². The van der Waals surface area contributed by atoms with Crippen LogP contribution < -0.4 is 0 Å². The topological polar surface area (TPSA) is 4.93 Å². The van der Waals surface area contributed by atoms with Crippen molar-refractivity contribution < 1.29 is 0 Å². The number of nitrogens with zero attached hydrogens (tertiary/aromatic N) is 1. The van der Waals surface area contributed by atoms with E-state index in [1.807, 2.05) is 0 Å². The van der Waals surface area contributed by atoms with Crippen LogP contribution in [0.15, 0.2) is 60.0 Å². The van der Waals surface area contributed by atoms with E-state index in [1.54, 1.807) is 11.3 Å². The second-order valence-corrected chi connectivity index (χ2v) is 6.33. The molecular weight excluding hydrogens is 274 g/mol. The predicted octanol–water partition coefficient (Wildman–Crippen LogP) is 5.93. The Bertz CT molecular complexity index is 900. The molecule has 0 saturated heterocycles. The zero-order chi connectivity index (χ0) is 14.2. The van der Waals surface area contributed by atoms with Crippen molar-refractivity contribution in [1.82, 2.24) is 4.57 Å². The molecule has 0 N–H and O–H groups in total. The van der Waals surface area contributed by atoms with E-state index in [-0.39, 0.29) is 0 Å². The predicted molar refractivity (Wildman–Crippen MR) is 93.0 cm³/mol. The van der Waals surface area contributed by atoms with Gasteiger partial charge in [0.25, 0.3) is 0 Å². The van der Waals surface area contributed by atoms with Crippen molar-refractivity contribution in [3.63, 3.8) is 0 Å². The average molecular weight is 291 g/mol. The molecule has 0 aliphatic heterocycles. The Morgan fingerprint density at radius 2 is 1.76 bits per heavy atom. The van der Waals surface area contributed by atoms with Gasteiger partial charge in [0.1, 0.15) is 0 Å². The smallest absolute Gasteiger partial charge is 0.0491 e. The van der Waals surface area contributed by atoms with Gasteiger partial charge in [-0.3, -0.25) is 0 Å². The summed E-state index contributed by atoms with van der Waals surface area (Å²) in [5, 5.41) is 4.86. The molecule has 2 heteroatoms. The van der Waals surface area contributed by atoms with E-state index in [9.17, 15) is 0 Å². The van der Waals surface area contributed by atoms with E-state index in [2.05, 4.69) is 71.5 Å². The second-order valence-electron chi connectivity index (χ2n) is 5.38. The summed E-state index contributed by atoms with van der Waals surface area (Å²) in [6.07, 6.45) is 1.15. The lowest BCUT2D eigenvalue weighted by molar-refractivity contribution is 0.724. The van der Waals surface area contributed by atoms with Crippen LogP contribution in [-0.2, 0) is 6.54 Å². The first-order valence-corrected chi connectivity index (χ1v) is 8.31. The molecule has 4 rings (SSSR count). The molecule has 2 aromatic heterocycles. The number of benzene rings is 2. The van der Waals surface area contributed by atoms with E-state index in [0.717, 1.165) is 13.0 Å². The summed E-state index contributed by atoms with van der Waals surface area (Å²) in [6.45, 7) is 3.31. The van der Waals surface area contributed by atoms with Gasteiger partial charge in [-0.15, -0.1) is 11.3 Å². The van der Waals surface area contributed by atoms with E-state index in [4.69, 9.17) is 0 Å². The Balaban J connectivity index is 2.05. The van der Waals surface area contributed by atoms with Gasteiger partial charge in [-0.05, 0) is 41.6 Å². The Kier molecular flexibility index (Phi) is 3.04. The van der Waals surface area contributed by atoms with Gasteiger partial charge in [0.2, 0.25) is 0 Å². The number of hydrogen-bond donors (Lipinski definition) is 0. The number of aromatic nitrogens is 1. The summed E-state index contributed by atoms with van der Waals surface area (Å²) < 4.78 is 2.45. The Morgan fingerprint density at radius 1 is 0.905 bits per heavy atom. The van der Waals surface area contributed by atoms with Crippen LogP contribution in [0, 0.1) is 0 Å². The largest absolute Gasteiger partial charge is 0.340 e. The van der Waals surface area contributed by atoms with Crippen LogP contribution in [0.3, 0.4) is 0 Å². The lowest BCUT2D eigenvalue weighted by Crippen LogP contribution is -1.95. The lowest BCUT2D eigenvalue weighted by atomic mass is 10.1. The average Bonchev–Trinajstić information content (AvgIpc) is 3.15. The van der Waals surface area contributed by atoms with E-state index in [1.165, 1.54) is 32.2 Å². The van der Waals surface area contributed by atoms with Crippen LogP contribution in [0.4, 0.5) is 0 Å². The first-order chi connectivity index (χ1) is 10.4. The van der Waals surface area contributed by atoms with Gasteiger partial charge < -0.3 is 4.57 Å². The molecule has 0 aliphatic carbocycles. The number of fused-ring (bicyclic) bond motifs is 3. The lowest BCUT2D eigenvalue weighted by Gasteiger charge is -2.05. The van der Waals surface area contributed by atoms with Crippen molar-refractivity contribution in [3.8, 4) is 10.4 Å². The molecule has 0 bridgehead atoms. The standard InChI is InChI=1S/C19H17NS/c1-2-11-20-17-7-4-3-6-15(17)16-13-14(9-10-18(16)20)19-8-5-12-21-19/h3-10,12-13H,2,11H2,1H3. The molecule has 0 unspecified atom stereocenters. The molecule has 0 saturated carbocycles. The first kappa shape index (κ1) is 12.7. The molecule has 2 heterocycles. The number of rotatable bonds is 3. The third-order valence-corrected chi connectivity index (χ3v) is 4.94. The fourth-order valence-corrected chi connectivity index (χ4v) is 3.84. The minimum atomic E-state index is 1.07. The maximum absolute atomic E-state index is 2.45. The summed E-state index contributed by atoms with van der Waals surface area (Å²) in [5.74, 6) is 0. The van der Waals surface area contributed by atoms with Gasteiger partial charge in [0.05, 0.1) is 0 Å². The molecule has 2 aromatic carbocycles. The second kappa shape index (κ2) is 5.05. The highest BCUT2D eigenvalue weighted by Crippen LogP contribution is 2.34. The number of hydrogen-bond acceptors (Lipinski definition) is 1. The van der Waals surface area contributed by atoms with Crippen LogP contribution in [0.2, 0.25) is 0 Å². The van der Waals surface area contributed by atoms with Gasteiger partial charge in [-0.1, -0.05) is 37.3 Å². The monoisotopic (exact) mass is 291 g/mol. The first-order valence-electron chi connectivity index (χ1n) is 7.43. The van der Waals surface area contributed by atoms with Crippen LogP contribution in [0.5, 0.6) is 0 Å². The van der Waals surface area contributed by atoms with E-state index in [0.29, 0.717) is 0 Å². The van der Waals surface area contributed by atoms with Crippen molar-refractivity contribution in [2.75, 3.05) is 0 Å². The van der Waals surface area contributed by atoms with Gasteiger partial charge in [0.15, 0.2) is 0 Å². The molecule has 1 nitrogen and oxygen atoms in total. The minimum Gasteiger partial charge on any atom is -0.340 e. The van der Waals surface area contributed by atoms with E-state index >= 15 is 0 Å². The summed E-state index contributed by atoms with van der Waals surface area (Å²) in [7, 11) is 0. The molecular formula is C19H17NS. The summed E-state index contributed by atoms with van der Waals surface area (Å²) in [4.78, 5) is 1.34. The van der Waals surface area contributed by atoms with E-state index < -0.39 is 0 Å². The molecule has 104 valence electrons. The van der Waals surface area contributed by atoms with Crippen LogP contribution in [0.1, 0.15) is 13.3 Å². The molecule has 0 amide bonds. The zero-order valence-corrected chi connectivity index (χ0v) is 12.9. The number of thiophene rings is 1. The Morgan fingerprint density at radius 3 is 2.57 bits per heavy atom. The van der Waals surface area contributed by atoms with Crippen molar-refractivity contribution in [2.45, 2.75) is 19.9 Å². The third kappa shape index (κ3) is 1.98. The van der Waals surface area contributed by atoms with Gasteiger partial charge in [0, 0.05) is 33.2 Å². The summed E-state index contributed by atoms with van der Waals surface area (Å²) >= 11 is 1.80. The minimum absolute atomic E-state index is 1.07. The van der Waals surface area contributed by atoms with Crippen molar-refractivity contribution in [2.24, 2.45) is 0 Å². The summed E-state index contributed by atoms with van der Waals surface area (Å²) in [6, 6.07) is 19.9. The Hall–Kier alpha value is -2.06. The van der Waals surface area contributed by atoms with Crippen LogP contribution in [-0.4, -0.2) is 4.57 Å². The highest BCUT2D eigenvalue weighted by Gasteiger charge is 2.10. The fourth-order valence-electron chi connectivity index (χ4n) is 3.11. The van der Waals surface area contributed by atoms with Crippen LogP contribution in [0.25, 0.3) is 32.2 Å². The molecule has 0 aliphatic rings. The molecule has 0 fully saturated rings. The summed E-state index contributed by atoms with van der Waals surface area (Å²) in [5.41, 5.74) is 4.01. The molecule has 21 heavy (non-hydrogen) atoms. The van der Waals surface area contributed by atoms with Crippen molar-refractivity contribution in [1.29, 1.82) is 0 Å².